The molecule has 0 heterocycles. The molecule has 0 unspecified atom stereocenters. The van der Waals surface area contributed by atoms with Crippen molar-refractivity contribution >= 4 is 14.0 Å². The van der Waals surface area contributed by atoms with E-state index in [4.69, 9.17) is 0 Å². The summed E-state index contributed by atoms with van der Waals surface area (Å²) in [4.78, 5) is 11.2. The highest BCUT2D eigenvalue weighted by Crippen LogP contribution is 2.19. The van der Waals surface area contributed by atoms with E-state index in [1.807, 2.05) is 39.0 Å². The van der Waals surface area contributed by atoms with E-state index in [1.165, 1.54) is 11.1 Å². The van der Waals surface area contributed by atoms with Gasteiger partial charge >= 0.3 is 0 Å². The molecule has 0 spiro atoms. The van der Waals surface area contributed by atoms with Crippen LogP contribution in [-0.4, -0.2) is 5.52 Å². The highest BCUT2D eigenvalue weighted by molar-refractivity contribution is 7.47. The van der Waals surface area contributed by atoms with E-state index < -0.39 is 8.46 Å². The quantitative estimate of drug-likeness (QED) is 0.513. The molecule has 2 nitrogen and oxygen atoms in total. The first-order chi connectivity index (χ1) is 12.0. The van der Waals surface area contributed by atoms with Crippen molar-refractivity contribution in [3.63, 3.8) is 0 Å². The fraction of sp³-hybridized carbons (Fsp3) is 0.136. The third kappa shape index (κ3) is 5.20. The summed E-state index contributed by atoms with van der Waals surface area (Å²) in [7, 11) is -0.436. The number of aryl methyl sites for hydroxylation is 3. The van der Waals surface area contributed by atoms with Gasteiger partial charge < -0.3 is 0 Å². The molecule has 0 amide bonds. The lowest BCUT2D eigenvalue weighted by molar-refractivity contribution is 0.108. The van der Waals surface area contributed by atoms with Crippen molar-refractivity contribution in [1.29, 1.82) is 0 Å². The summed E-state index contributed by atoms with van der Waals surface area (Å²) in [6.07, 6.45) is 0. The topological polar surface area (TPSA) is 34.1 Å². The summed E-state index contributed by atoms with van der Waals surface area (Å²) in [6, 6.07) is 24.5. The van der Waals surface area contributed by atoms with Gasteiger partial charge in [0.1, 0.15) is 0 Å². The van der Waals surface area contributed by atoms with Gasteiger partial charge in [-0.15, -0.1) is 0 Å². The number of carbonyl (C=O) groups is 1. The highest BCUT2D eigenvalue weighted by atomic mass is 31.1. The van der Waals surface area contributed by atoms with E-state index in [9.17, 15) is 9.36 Å². The lowest BCUT2D eigenvalue weighted by Crippen LogP contribution is -1.96. The maximum absolute atomic E-state index is 11.2. The Labute approximate surface area is 150 Å². The molecule has 0 aromatic heterocycles. The van der Waals surface area contributed by atoms with E-state index in [0.29, 0.717) is 5.56 Å². The van der Waals surface area contributed by atoms with Crippen molar-refractivity contribution in [3.05, 3.63) is 95.1 Å². The van der Waals surface area contributed by atoms with Crippen molar-refractivity contribution in [2.75, 3.05) is 0 Å². The van der Waals surface area contributed by atoms with Crippen LogP contribution in [0.2, 0.25) is 0 Å². The van der Waals surface area contributed by atoms with Crippen molar-refractivity contribution in [2.24, 2.45) is 0 Å². The maximum Gasteiger partial charge on any atom is 0.253 e. The van der Waals surface area contributed by atoms with Crippen LogP contribution in [0.25, 0.3) is 11.1 Å². The Morgan fingerprint density at radius 3 is 1.56 bits per heavy atom. The van der Waals surface area contributed by atoms with E-state index >= 15 is 0 Å². The van der Waals surface area contributed by atoms with Crippen LogP contribution in [0, 0.1) is 20.8 Å². The van der Waals surface area contributed by atoms with Gasteiger partial charge in [0, 0.05) is 5.56 Å². The fourth-order valence-electron chi connectivity index (χ4n) is 2.50. The highest BCUT2D eigenvalue weighted by Gasteiger charge is 2.09. The van der Waals surface area contributed by atoms with E-state index in [1.54, 1.807) is 6.07 Å². The summed E-state index contributed by atoms with van der Waals surface area (Å²) in [5.41, 5.74) is 5.85. The lowest BCUT2D eigenvalue weighted by atomic mass is 10.0. The molecule has 0 N–H and O–H groups in total. The predicted octanol–water partition coefficient (Wildman–Crippen LogP) is 6.40. The Morgan fingerprint density at radius 1 is 0.680 bits per heavy atom. The number of carbonyl (C=O) groups excluding carboxylic acids is 1. The van der Waals surface area contributed by atoms with Gasteiger partial charge in [-0.2, -0.15) is 0 Å². The van der Waals surface area contributed by atoms with Crippen LogP contribution in [-0.2, 0) is 4.57 Å². The minimum Gasteiger partial charge on any atom is -0.280 e. The Morgan fingerprint density at radius 2 is 1.12 bits per heavy atom. The molecule has 3 rings (SSSR count). The van der Waals surface area contributed by atoms with Gasteiger partial charge in [-0.05, 0) is 54.7 Å². The van der Waals surface area contributed by atoms with Gasteiger partial charge in [-0.3, -0.25) is 9.36 Å². The Bertz CT molecular complexity index is 818. The zero-order valence-corrected chi connectivity index (χ0v) is 15.6. The van der Waals surface area contributed by atoms with Crippen LogP contribution in [0.5, 0.6) is 0 Å². The molecule has 0 fully saturated rings. The summed E-state index contributed by atoms with van der Waals surface area (Å²) >= 11 is 0. The average Bonchev–Trinajstić information content (AvgIpc) is 2.66. The predicted molar refractivity (Wildman–Crippen MR) is 104 cm³/mol. The second kappa shape index (κ2) is 9.05. The molecule has 3 aromatic carbocycles. The van der Waals surface area contributed by atoms with Crippen molar-refractivity contribution in [2.45, 2.75) is 20.8 Å². The summed E-state index contributed by atoms with van der Waals surface area (Å²) in [5, 5.41) is 0. The third-order valence-electron chi connectivity index (χ3n) is 4.03. The Kier molecular flexibility index (Phi) is 6.80. The normalized spacial score (nSPS) is 10.0. The van der Waals surface area contributed by atoms with Crippen LogP contribution < -0.4 is 0 Å². The van der Waals surface area contributed by atoms with Crippen LogP contribution in [0.4, 0.5) is 0 Å². The van der Waals surface area contributed by atoms with Gasteiger partial charge in [0.15, 0.2) is 0 Å². The van der Waals surface area contributed by atoms with Gasteiger partial charge in [-0.1, -0.05) is 66.7 Å². The molecule has 0 saturated heterocycles. The van der Waals surface area contributed by atoms with Gasteiger partial charge in [0.25, 0.3) is 5.52 Å². The zero-order valence-electron chi connectivity index (χ0n) is 14.7. The lowest BCUT2D eigenvalue weighted by Gasteiger charge is -2.05. The van der Waals surface area contributed by atoms with E-state index in [0.717, 1.165) is 16.7 Å². The number of benzene rings is 3. The summed E-state index contributed by atoms with van der Waals surface area (Å²) in [6.45, 7) is 5.78. The molecule has 0 bridgehead atoms. The van der Waals surface area contributed by atoms with Crippen molar-refractivity contribution in [1.82, 2.24) is 0 Å². The van der Waals surface area contributed by atoms with Crippen LogP contribution in [0.3, 0.4) is 0 Å². The van der Waals surface area contributed by atoms with Crippen molar-refractivity contribution < 1.29 is 9.36 Å². The van der Waals surface area contributed by atoms with Crippen LogP contribution in [0.15, 0.2) is 72.8 Å². The molecule has 0 radical (unpaired) electrons. The minimum atomic E-state index is -0.436. The zero-order chi connectivity index (χ0) is 18.2. The molecule has 0 aliphatic heterocycles. The summed E-state index contributed by atoms with van der Waals surface area (Å²) < 4.78 is 10.4. The summed E-state index contributed by atoms with van der Waals surface area (Å²) in [5.74, 6) is 0. The first-order valence-corrected chi connectivity index (χ1v) is 8.90. The molecule has 0 aliphatic rings. The number of hydrogen-bond acceptors (Lipinski definition) is 2. The molecular weight excluding hydrogens is 327 g/mol. The average molecular weight is 348 g/mol. The van der Waals surface area contributed by atoms with Gasteiger partial charge in [0.2, 0.25) is 8.46 Å². The molecule has 25 heavy (non-hydrogen) atoms. The smallest absolute Gasteiger partial charge is 0.253 e. The Hall–Kier alpha value is -2.57. The third-order valence-corrected chi connectivity index (χ3v) is 4.44. The molecule has 3 aromatic rings. The second-order valence-corrected chi connectivity index (χ2v) is 6.47. The molecule has 3 heteroatoms. The fourth-order valence-corrected chi connectivity index (χ4v) is 2.84. The SMILES string of the molecule is Cc1cc(C)c(C(=O)P=O)cc1C.c1ccc(-c2ccccc2)cc1. The molecule has 126 valence electrons. The molecule has 0 atom stereocenters. The van der Waals surface area contributed by atoms with Gasteiger partial charge in [0.05, 0.1) is 0 Å². The maximum atomic E-state index is 11.2. The van der Waals surface area contributed by atoms with Gasteiger partial charge in [-0.25, -0.2) is 0 Å². The molecular formula is C22H21O2P. The molecule has 0 saturated carbocycles. The monoisotopic (exact) mass is 348 g/mol. The first kappa shape index (κ1) is 18.8. The largest absolute Gasteiger partial charge is 0.280 e. The standard InChI is InChI=1S/C12H10.C10H11O2P/c1-3-7-11(8-4-1)12-9-5-2-6-10-12;1-6-4-8(3)9(5-7(6)2)10(11)13-12/h1-10H;4-5H,1-3H3. The van der Waals surface area contributed by atoms with Crippen LogP contribution in [0.1, 0.15) is 27.0 Å². The molecule has 0 aliphatic carbocycles. The Balaban J connectivity index is 0.000000181. The van der Waals surface area contributed by atoms with E-state index in [2.05, 4.69) is 48.5 Å². The second-order valence-electron chi connectivity index (χ2n) is 5.88. The van der Waals surface area contributed by atoms with Crippen LogP contribution >= 0.6 is 8.46 Å². The first-order valence-electron chi connectivity index (χ1n) is 8.09. The minimum absolute atomic E-state index is 0.347. The van der Waals surface area contributed by atoms with Crippen molar-refractivity contribution in [3.8, 4) is 11.1 Å². The number of hydrogen-bond donors (Lipinski definition) is 0. The van der Waals surface area contributed by atoms with E-state index in [-0.39, 0.29) is 5.52 Å². The number of rotatable bonds is 3.